The summed E-state index contributed by atoms with van der Waals surface area (Å²) < 4.78 is 1.74. The molecule has 0 aliphatic heterocycles. The Bertz CT molecular complexity index is 752. The molecule has 0 saturated carbocycles. The summed E-state index contributed by atoms with van der Waals surface area (Å²) in [6, 6.07) is 11.6. The van der Waals surface area contributed by atoms with Crippen molar-refractivity contribution in [1.29, 1.82) is 0 Å². The topological polar surface area (TPSA) is 47.8 Å². The number of thiophene rings is 1. The van der Waals surface area contributed by atoms with E-state index >= 15 is 0 Å². The van der Waals surface area contributed by atoms with Crippen LogP contribution in [0.1, 0.15) is 26.6 Å². The zero-order chi connectivity index (χ0) is 14.7. The van der Waals surface area contributed by atoms with Crippen LogP contribution in [-0.2, 0) is 13.0 Å². The van der Waals surface area contributed by atoms with Crippen molar-refractivity contribution < 1.29 is 4.79 Å². The highest BCUT2D eigenvalue weighted by Crippen LogP contribution is 2.20. The van der Waals surface area contributed by atoms with E-state index in [1.54, 1.807) is 16.0 Å². The summed E-state index contributed by atoms with van der Waals surface area (Å²) in [7, 11) is 0. The second-order valence-corrected chi connectivity index (χ2v) is 5.98. The fourth-order valence-electron chi connectivity index (χ4n) is 2.11. The van der Waals surface area contributed by atoms with Gasteiger partial charge in [-0.15, -0.1) is 16.4 Å². The molecule has 2 heterocycles. The van der Waals surface area contributed by atoms with Crippen LogP contribution >= 0.6 is 22.9 Å². The molecule has 106 valence electrons. The van der Waals surface area contributed by atoms with Gasteiger partial charge in [-0.25, -0.2) is 4.68 Å². The molecule has 2 aromatic heterocycles. The third-order valence-electron chi connectivity index (χ3n) is 3.18. The van der Waals surface area contributed by atoms with E-state index < -0.39 is 0 Å². The molecule has 0 amide bonds. The fraction of sp³-hybridized carbons (Fsp3) is 0.133. The quantitative estimate of drug-likeness (QED) is 0.677. The molecule has 3 rings (SSSR count). The van der Waals surface area contributed by atoms with E-state index in [9.17, 15) is 4.79 Å². The first-order chi connectivity index (χ1) is 10.3. The number of halogens is 1. The molecule has 0 fully saturated rings. The van der Waals surface area contributed by atoms with Crippen molar-refractivity contribution >= 4 is 29.2 Å². The van der Waals surface area contributed by atoms with Crippen molar-refractivity contribution in [3.8, 4) is 0 Å². The molecule has 0 radical (unpaired) electrons. The monoisotopic (exact) mass is 317 g/mol. The van der Waals surface area contributed by atoms with E-state index in [1.165, 1.54) is 4.88 Å². The molecule has 4 nitrogen and oxygen atoms in total. The Kier molecular flexibility index (Phi) is 4.13. The van der Waals surface area contributed by atoms with Gasteiger partial charge in [0.2, 0.25) is 0 Å². The van der Waals surface area contributed by atoms with Crippen LogP contribution in [-0.4, -0.2) is 21.3 Å². The lowest BCUT2D eigenvalue weighted by Crippen LogP contribution is -2.08. The van der Waals surface area contributed by atoms with Crippen LogP contribution in [0.4, 0.5) is 0 Å². The highest BCUT2D eigenvalue weighted by Gasteiger charge is 2.14. The van der Waals surface area contributed by atoms with Gasteiger partial charge in [-0.2, -0.15) is 0 Å². The summed E-state index contributed by atoms with van der Waals surface area (Å²) >= 11 is 7.83. The fourth-order valence-corrected chi connectivity index (χ4v) is 3.02. The van der Waals surface area contributed by atoms with Crippen LogP contribution in [0.3, 0.4) is 0 Å². The lowest BCUT2D eigenvalue weighted by atomic mass is 10.2. The average molecular weight is 318 g/mol. The van der Waals surface area contributed by atoms with Gasteiger partial charge in [-0.3, -0.25) is 4.79 Å². The standard InChI is InChI=1S/C15H12ClN3OS/c16-13-6-2-1-4-11(13)9-19-15(14(10-20)17-18-19)8-12-5-3-7-21-12/h1-7,10H,8-9H2. The Morgan fingerprint density at radius 1 is 1.24 bits per heavy atom. The summed E-state index contributed by atoms with van der Waals surface area (Å²) in [6.45, 7) is 0.501. The molecule has 0 aliphatic rings. The second kappa shape index (κ2) is 6.20. The molecule has 6 heteroatoms. The van der Waals surface area contributed by atoms with Crippen LogP contribution in [0.5, 0.6) is 0 Å². The van der Waals surface area contributed by atoms with Crippen LogP contribution in [0.15, 0.2) is 41.8 Å². The maximum atomic E-state index is 11.2. The van der Waals surface area contributed by atoms with Crippen LogP contribution in [0.25, 0.3) is 0 Å². The number of carbonyl (C=O) groups is 1. The molecule has 0 saturated heterocycles. The summed E-state index contributed by atoms with van der Waals surface area (Å²) in [4.78, 5) is 12.3. The molecule has 0 bridgehead atoms. The number of aromatic nitrogens is 3. The Balaban J connectivity index is 1.93. The molecule has 3 aromatic rings. The normalized spacial score (nSPS) is 10.7. The Labute approximate surface area is 131 Å². The van der Waals surface area contributed by atoms with Gasteiger partial charge in [0.15, 0.2) is 6.29 Å². The van der Waals surface area contributed by atoms with Crippen molar-refractivity contribution in [2.45, 2.75) is 13.0 Å². The van der Waals surface area contributed by atoms with Crippen LogP contribution < -0.4 is 0 Å². The van der Waals surface area contributed by atoms with Crippen molar-refractivity contribution in [2.75, 3.05) is 0 Å². The lowest BCUT2D eigenvalue weighted by molar-refractivity contribution is 0.111. The number of carbonyl (C=O) groups excluding carboxylic acids is 1. The van der Waals surface area contributed by atoms with Gasteiger partial charge in [-0.05, 0) is 23.1 Å². The number of aldehydes is 1. The Hall–Kier alpha value is -1.98. The Morgan fingerprint density at radius 2 is 2.10 bits per heavy atom. The number of rotatable bonds is 5. The third-order valence-corrected chi connectivity index (χ3v) is 4.42. The van der Waals surface area contributed by atoms with Crippen molar-refractivity contribution in [1.82, 2.24) is 15.0 Å². The molecule has 0 unspecified atom stereocenters. The van der Waals surface area contributed by atoms with Gasteiger partial charge < -0.3 is 0 Å². The largest absolute Gasteiger partial charge is 0.296 e. The number of benzene rings is 1. The molecule has 1 aromatic carbocycles. The maximum absolute atomic E-state index is 11.2. The smallest absolute Gasteiger partial charge is 0.172 e. The van der Waals surface area contributed by atoms with Gasteiger partial charge >= 0.3 is 0 Å². The highest BCUT2D eigenvalue weighted by atomic mass is 35.5. The molecule has 0 spiro atoms. The minimum absolute atomic E-state index is 0.385. The summed E-state index contributed by atoms with van der Waals surface area (Å²) in [6.07, 6.45) is 1.39. The first kappa shape index (κ1) is 14.0. The van der Waals surface area contributed by atoms with E-state index in [4.69, 9.17) is 11.6 Å². The average Bonchev–Trinajstić information content (AvgIpc) is 3.13. The van der Waals surface area contributed by atoms with Gasteiger partial charge in [-0.1, -0.05) is 41.1 Å². The Morgan fingerprint density at radius 3 is 2.81 bits per heavy atom. The van der Waals surface area contributed by atoms with E-state index in [-0.39, 0.29) is 0 Å². The summed E-state index contributed by atoms with van der Waals surface area (Å²) in [5.41, 5.74) is 2.15. The molecule has 0 N–H and O–H groups in total. The zero-order valence-corrected chi connectivity index (χ0v) is 12.6. The van der Waals surface area contributed by atoms with E-state index in [0.29, 0.717) is 23.7 Å². The predicted octanol–water partition coefficient (Wildman–Crippen LogP) is 3.44. The van der Waals surface area contributed by atoms with E-state index in [2.05, 4.69) is 10.3 Å². The zero-order valence-electron chi connectivity index (χ0n) is 11.1. The van der Waals surface area contributed by atoms with E-state index in [1.807, 2.05) is 41.8 Å². The molecule has 0 aliphatic carbocycles. The van der Waals surface area contributed by atoms with Gasteiger partial charge in [0.25, 0.3) is 0 Å². The van der Waals surface area contributed by atoms with Crippen molar-refractivity contribution in [2.24, 2.45) is 0 Å². The predicted molar refractivity (Wildman–Crippen MR) is 83.1 cm³/mol. The van der Waals surface area contributed by atoms with Gasteiger partial charge in [0.05, 0.1) is 12.2 Å². The maximum Gasteiger partial charge on any atom is 0.172 e. The number of nitrogens with zero attached hydrogens (tertiary/aromatic N) is 3. The molecular formula is C15H12ClN3OS. The molecular weight excluding hydrogens is 306 g/mol. The first-order valence-electron chi connectivity index (χ1n) is 6.41. The summed E-state index contributed by atoms with van der Waals surface area (Å²) in [5, 5.41) is 10.7. The van der Waals surface area contributed by atoms with Crippen molar-refractivity contribution in [3.05, 3.63) is 68.6 Å². The minimum atomic E-state index is 0.385. The minimum Gasteiger partial charge on any atom is -0.296 e. The molecule has 0 atom stereocenters. The molecule has 21 heavy (non-hydrogen) atoms. The first-order valence-corrected chi connectivity index (χ1v) is 7.67. The van der Waals surface area contributed by atoms with Crippen LogP contribution in [0, 0.1) is 0 Å². The lowest BCUT2D eigenvalue weighted by Gasteiger charge is -2.07. The van der Waals surface area contributed by atoms with Crippen molar-refractivity contribution in [3.63, 3.8) is 0 Å². The van der Waals surface area contributed by atoms with Gasteiger partial charge in [0, 0.05) is 16.3 Å². The third kappa shape index (κ3) is 3.04. The van der Waals surface area contributed by atoms with Gasteiger partial charge in [0.1, 0.15) is 5.69 Å². The highest BCUT2D eigenvalue weighted by molar-refractivity contribution is 7.09. The number of hydrogen-bond acceptors (Lipinski definition) is 4. The summed E-state index contributed by atoms with van der Waals surface area (Å²) in [5.74, 6) is 0. The number of hydrogen-bond donors (Lipinski definition) is 0. The van der Waals surface area contributed by atoms with Crippen LogP contribution in [0.2, 0.25) is 5.02 Å². The van der Waals surface area contributed by atoms with E-state index in [0.717, 1.165) is 17.5 Å². The SMILES string of the molecule is O=Cc1nnn(Cc2ccccc2Cl)c1Cc1cccs1. The second-order valence-electron chi connectivity index (χ2n) is 4.54.